The number of anilines is 3. The number of rotatable bonds is 4. The first-order valence-electron chi connectivity index (χ1n) is 11.6. The number of aromatic amines is 1. The number of nitrogens with zero attached hydrogens (tertiary/aromatic N) is 4. The highest BCUT2D eigenvalue weighted by Gasteiger charge is 2.42. The van der Waals surface area contributed by atoms with E-state index in [4.69, 9.17) is 14.7 Å². The van der Waals surface area contributed by atoms with Crippen LogP contribution in [0, 0.1) is 6.92 Å². The zero-order chi connectivity index (χ0) is 23.2. The minimum atomic E-state index is -0.486. The Balaban J connectivity index is 1.34. The average Bonchev–Trinajstić information content (AvgIpc) is 3.35. The molecule has 2 bridgehead atoms. The van der Waals surface area contributed by atoms with Crippen molar-refractivity contribution in [3.8, 4) is 0 Å². The van der Waals surface area contributed by atoms with Crippen LogP contribution in [0.2, 0.25) is 0 Å². The standard InChI is InChI=1S/C23H31N7O2S/c1-13-10-18(29-28-13)26-20-19-17(8-9-33-19)25-21(27-20)24-14-11-15-6-5-7-16(12-14)30(15)22(31)32-23(2,3)4/h8-10,14-16H,5-7,11-12H2,1-4H3,(H3,24,25,26,27,28,29). The van der Waals surface area contributed by atoms with Crippen LogP contribution in [-0.2, 0) is 4.74 Å². The number of ether oxygens (including phenoxy) is 1. The maximum Gasteiger partial charge on any atom is 0.410 e. The molecule has 0 radical (unpaired) electrons. The summed E-state index contributed by atoms with van der Waals surface area (Å²) in [6.07, 6.45) is 4.69. The van der Waals surface area contributed by atoms with Gasteiger partial charge in [0.1, 0.15) is 5.60 Å². The second-order valence-electron chi connectivity index (χ2n) is 10.0. The fourth-order valence-electron chi connectivity index (χ4n) is 4.91. The molecule has 2 aliphatic heterocycles. The highest BCUT2D eigenvalue weighted by atomic mass is 32.1. The van der Waals surface area contributed by atoms with Gasteiger partial charge >= 0.3 is 6.09 Å². The number of hydrogen-bond acceptors (Lipinski definition) is 8. The Kier molecular flexibility index (Phi) is 5.64. The number of H-pyrrole nitrogens is 1. The van der Waals surface area contributed by atoms with Crippen LogP contribution in [-0.4, -0.2) is 54.9 Å². The van der Waals surface area contributed by atoms with Gasteiger partial charge in [-0.3, -0.25) is 5.10 Å². The fraction of sp³-hybridized carbons (Fsp3) is 0.565. The molecule has 9 nitrogen and oxygen atoms in total. The lowest BCUT2D eigenvalue weighted by Crippen LogP contribution is -2.58. The Morgan fingerprint density at radius 1 is 1.24 bits per heavy atom. The van der Waals surface area contributed by atoms with Crippen molar-refractivity contribution in [3.63, 3.8) is 0 Å². The molecule has 3 aromatic rings. The molecule has 3 N–H and O–H groups in total. The van der Waals surface area contributed by atoms with Gasteiger partial charge in [-0.15, -0.1) is 11.3 Å². The van der Waals surface area contributed by atoms with Gasteiger partial charge in [-0.1, -0.05) is 0 Å². The molecule has 1 amide bonds. The minimum Gasteiger partial charge on any atom is -0.444 e. The molecule has 176 valence electrons. The van der Waals surface area contributed by atoms with E-state index in [2.05, 4.69) is 20.8 Å². The highest BCUT2D eigenvalue weighted by molar-refractivity contribution is 7.17. The molecule has 0 aliphatic carbocycles. The second kappa shape index (κ2) is 8.48. The summed E-state index contributed by atoms with van der Waals surface area (Å²) in [5.74, 6) is 2.08. The van der Waals surface area contributed by atoms with Gasteiger partial charge in [0.2, 0.25) is 5.95 Å². The number of aryl methyl sites for hydroxylation is 1. The van der Waals surface area contributed by atoms with Gasteiger partial charge < -0.3 is 20.3 Å². The second-order valence-corrected chi connectivity index (χ2v) is 10.9. The molecule has 2 unspecified atom stereocenters. The van der Waals surface area contributed by atoms with Crippen LogP contribution < -0.4 is 10.6 Å². The quantitative estimate of drug-likeness (QED) is 0.482. The summed E-state index contributed by atoms with van der Waals surface area (Å²) in [5.41, 5.74) is 1.40. The lowest BCUT2D eigenvalue weighted by molar-refractivity contribution is -0.0199. The van der Waals surface area contributed by atoms with Gasteiger partial charge in [0.15, 0.2) is 11.6 Å². The van der Waals surface area contributed by atoms with Crippen molar-refractivity contribution < 1.29 is 9.53 Å². The van der Waals surface area contributed by atoms with Crippen LogP contribution in [0.5, 0.6) is 0 Å². The predicted molar refractivity (Wildman–Crippen MR) is 130 cm³/mol. The number of carbonyl (C=O) groups excluding carboxylic acids is 1. The first kappa shape index (κ1) is 21.9. The van der Waals surface area contributed by atoms with Gasteiger partial charge in [0.25, 0.3) is 0 Å². The molecule has 0 saturated carbocycles. The monoisotopic (exact) mass is 469 g/mol. The third kappa shape index (κ3) is 4.75. The van der Waals surface area contributed by atoms with Gasteiger partial charge in [-0.25, -0.2) is 9.78 Å². The molecule has 2 atom stereocenters. The Morgan fingerprint density at radius 3 is 2.67 bits per heavy atom. The van der Waals surface area contributed by atoms with E-state index in [-0.39, 0.29) is 24.2 Å². The number of hydrogen-bond donors (Lipinski definition) is 3. The van der Waals surface area contributed by atoms with Crippen LogP contribution in [0.4, 0.5) is 22.4 Å². The van der Waals surface area contributed by atoms with E-state index in [1.54, 1.807) is 11.3 Å². The van der Waals surface area contributed by atoms with Crippen molar-refractivity contribution in [3.05, 3.63) is 23.2 Å². The number of fused-ring (bicyclic) bond motifs is 3. The molecular formula is C23H31N7O2S. The fourth-order valence-corrected chi connectivity index (χ4v) is 5.69. The summed E-state index contributed by atoms with van der Waals surface area (Å²) in [6, 6.07) is 4.52. The lowest BCUT2D eigenvalue weighted by Gasteiger charge is -2.48. The molecule has 5 heterocycles. The molecule has 2 aliphatic rings. The van der Waals surface area contributed by atoms with E-state index >= 15 is 0 Å². The number of amides is 1. The van der Waals surface area contributed by atoms with Crippen LogP contribution in [0.3, 0.4) is 0 Å². The Labute approximate surface area is 197 Å². The van der Waals surface area contributed by atoms with Gasteiger partial charge in [-0.2, -0.15) is 10.1 Å². The molecule has 2 fully saturated rings. The summed E-state index contributed by atoms with van der Waals surface area (Å²) >= 11 is 1.60. The number of piperidine rings is 2. The van der Waals surface area contributed by atoms with Crippen LogP contribution in [0.15, 0.2) is 17.5 Å². The lowest BCUT2D eigenvalue weighted by atomic mass is 9.82. The topological polar surface area (TPSA) is 108 Å². The summed E-state index contributed by atoms with van der Waals surface area (Å²) in [4.78, 5) is 24.4. The molecule has 5 rings (SSSR count). The first-order chi connectivity index (χ1) is 15.7. The van der Waals surface area contributed by atoms with Gasteiger partial charge in [-0.05, 0) is 71.2 Å². The van der Waals surface area contributed by atoms with Gasteiger partial charge in [0.05, 0.1) is 10.2 Å². The van der Waals surface area contributed by atoms with Crippen molar-refractivity contribution in [1.29, 1.82) is 0 Å². The normalized spacial score (nSPS) is 22.9. The van der Waals surface area contributed by atoms with Crippen LogP contribution >= 0.6 is 11.3 Å². The van der Waals surface area contributed by atoms with Crippen molar-refractivity contribution in [1.82, 2.24) is 25.1 Å². The SMILES string of the molecule is Cc1cc(Nc2nc(NC3CC4CCCC(C3)N4C(=O)OC(C)(C)C)nc3ccsc23)n[nH]1. The van der Waals surface area contributed by atoms with Crippen molar-refractivity contribution >= 4 is 45.2 Å². The molecule has 2 saturated heterocycles. The van der Waals surface area contributed by atoms with E-state index < -0.39 is 5.60 Å². The highest BCUT2D eigenvalue weighted by Crippen LogP contribution is 2.37. The van der Waals surface area contributed by atoms with Crippen LogP contribution in [0.25, 0.3) is 10.2 Å². The third-order valence-corrected chi connectivity index (χ3v) is 7.08. The molecule has 3 aromatic heterocycles. The average molecular weight is 470 g/mol. The molecule has 33 heavy (non-hydrogen) atoms. The maximum atomic E-state index is 12.9. The van der Waals surface area contributed by atoms with E-state index in [9.17, 15) is 4.79 Å². The van der Waals surface area contributed by atoms with Gasteiger partial charge in [0, 0.05) is 29.9 Å². The third-order valence-electron chi connectivity index (χ3n) is 6.17. The summed E-state index contributed by atoms with van der Waals surface area (Å²) in [6.45, 7) is 7.72. The minimum absolute atomic E-state index is 0.180. The number of nitrogens with one attached hydrogen (secondary N) is 3. The summed E-state index contributed by atoms with van der Waals surface area (Å²) in [5, 5.41) is 16.1. The van der Waals surface area contributed by atoms with E-state index in [1.807, 2.05) is 50.1 Å². The summed E-state index contributed by atoms with van der Waals surface area (Å²) in [7, 11) is 0. The van der Waals surface area contributed by atoms with Crippen molar-refractivity contribution in [2.24, 2.45) is 0 Å². The Hall–Kier alpha value is -2.88. The molecule has 0 spiro atoms. The van der Waals surface area contributed by atoms with Crippen molar-refractivity contribution in [2.75, 3.05) is 10.6 Å². The zero-order valence-corrected chi connectivity index (χ0v) is 20.3. The number of aromatic nitrogens is 4. The largest absolute Gasteiger partial charge is 0.444 e. The summed E-state index contributed by atoms with van der Waals surface area (Å²) < 4.78 is 6.70. The molecule has 0 aromatic carbocycles. The van der Waals surface area contributed by atoms with E-state index in [0.717, 1.165) is 59.7 Å². The maximum absolute atomic E-state index is 12.9. The van der Waals surface area contributed by atoms with E-state index in [1.165, 1.54) is 0 Å². The van der Waals surface area contributed by atoms with E-state index in [0.29, 0.717) is 5.95 Å². The smallest absolute Gasteiger partial charge is 0.410 e. The first-order valence-corrected chi connectivity index (χ1v) is 12.5. The van der Waals surface area contributed by atoms with Crippen molar-refractivity contribution in [2.45, 2.75) is 83.5 Å². The number of carbonyl (C=O) groups is 1. The zero-order valence-electron chi connectivity index (χ0n) is 19.5. The Morgan fingerprint density at radius 2 is 2.00 bits per heavy atom. The van der Waals surface area contributed by atoms with Crippen LogP contribution in [0.1, 0.15) is 58.6 Å². The molecular weight excluding hydrogens is 438 g/mol. The number of thiophene rings is 1. The Bertz CT molecular complexity index is 1140. The predicted octanol–water partition coefficient (Wildman–Crippen LogP) is 5.20. The molecule has 10 heteroatoms.